The minimum atomic E-state index is -0.351. The second kappa shape index (κ2) is 10.4. The fraction of sp³-hybridized carbons (Fsp3) is 0.241. The maximum absolute atomic E-state index is 14.6. The van der Waals surface area contributed by atoms with Crippen LogP contribution in [0.1, 0.15) is 0 Å². The molecule has 1 fully saturated rings. The highest BCUT2D eigenvalue weighted by atomic mass is 19.1. The van der Waals surface area contributed by atoms with Crippen LogP contribution in [0.4, 0.5) is 15.9 Å². The Morgan fingerprint density at radius 2 is 1.93 bits per heavy atom. The summed E-state index contributed by atoms with van der Waals surface area (Å²) < 4.78 is 14.6. The van der Waals surface area contributed by atoms with E-state index in [9.17, 15) is 4.39 Å². The van der Waals surface area contributed by atoms with Crippen molar-refractivity contribution in [1.29, 1.82) is 0 Å². The van der Waals surface area contributed by atoms with Gasteiger partial charge in [-0.2, -0.15) is 5.10 Å². The number of pyridine rings is 2. The summed E-state index contributed by atoms with van der Waals surface area (Å²) in [4.78, 5) is 30.7. The lowest BCUT2D eigenvalue weighted by Crippen LogP contribution is -2.56. The Hall–Kier alpha value is -5.01. The van der Waals surface area contributed by atoms with E-state index in [2.05, 4.69) is 45.2 Å². The molecule has 12 nitrogen and oxygen atoms in total. The van der Waals surface area contributed by atoms with Gasteiger partial charge in [0, 0.05) is 61.4 Å². The lowest BCUT2D eigenvalue weighted by atomic mass is 10.1. The first-order valence-corrected chi connectivity index (χ1v) is 13.6. The second-order valence-corrected chi connectivity index (χ2v) is 10.7. The quantitative estimate of drug-likeness (QED) is 0.217. The average Bonchev–Trinajstić information content (AvgIpc) is 3.59. The summed E-state index contributed by atoms with van der Waals surface area (Å²) in [5, 5.41) is 11.6. The van der Waals surface area contributed by atoms with E-state index in [4.69, 9.17) is 15.7 Å². The van der Waals surface area contributed by atoms with Crippen molar-refractivity contribution in [2.75, 3.05) is 50.5 Å². The Labute approximate surface area is 240 Å². The van der Waals surface area contributed by atoms with Gasteiger partial charge in [-0.1, -0.05) is 0 Å². The molecule has 42 heavy (non-hydrogen) atoms. The number of hydrogen-bond acceptors (Lipinski definition) is 10. The first-order chi connectivity index (χ1) is 20.4. The number of halogens is 1. The predicted octanol–water partition coefficient (Wildman–Crippen LogP) is 3.28. The molecule has 13 heteroatoms. The van der Waals surface area contributed by atoms with Gasteiger partial charge in [0.15, 0.2) is 11.5 Å². The number of aromatic nitrogens is 8. The molecule has 5 aromatic heterocycles. The predicted molar refractivity (Wildman–Crippen MR) is 160 cm³/mol. The van der Waals surface area contributed by atoms with E-state index in [1.165, 1.54) is 12.1 Å². The molecule has 7 rings (SSSR count). The fourth-order valence-electron chi connectivity index (χ4n) is 5.08. The number of nitrogens with zero attached hydrogens (tertiary/aromatic N) is 8. The van der Waals surface area contributed by atoms with Crippen LogP contribution in [0.15, 0.2) is 55.1 Å². The molecule has 1 aliphatic rings. The van der Waals surface area contributed by atoms with Gasteiger partial charge in [0.05, 0.1) is 34.7 Å². The molecule has 0 unspecified atom stereocenters. The topological polar surface area (TPSA) is 153 Å². The van der Waals surface area contributed by atoms with Crippen LogP contribution in [0.2, 0.25) is 0 Å². The summed E-state index contributed by atoms with van der Waals surface area (Å²) in [5.41, 5.74) is 11.9. The van der Waals surface area contributed by atoms with E-state index in [-0.39, 0.29) is 11.9 Å². The first kappa shape index (κ1) is 25.9. The van der Waals surface area contributed by atoms with E-state index >= 15 is 0 Å². The third-order valence-corrected chi connectivity index (χ3v) is 7.25. The molecule has 0 bridgehead atoms. The van der Waals surface area contributed by atoms with Gasteiger partial charge in [-0.25, -0.2) is 19.3 Å². The van der Waals surface area contributed by atoms with Gasteiger partial charge in [-0.05, 0) is 44.4 Å². The Morgan fingerprint density at radius 3 is 2.76 bits per heavy atom. The molecule has 5 N–H and O–H groups in total. The van der Waals surface area contributed by atoms with Crippen LogP contribution in [0.25, 0.3) is 56.1 Å². The third kappa shape index (κ3) is 4.88. The molecule has 0 amide bonds. The SMILES string of the molecule is CN(C)CCNc1cc(F)cc(-c2nccc3[nH]c(-c4n[nH]c5ncc(-c6cncc(N7CC(N)C7)n6)cc45)nc23)c1. The molecular formula is C29H29FN12. The zero-order valence-corrected chi connectivity index (χ0v) is 23.1. The van der Waals surface area contributed by atoms with Crippen molar-refractivity contribution < 1.29 is 4.39 Å². The molecule has 1 saturated heterocycles. The lowest BCUT2D eigenvalue weighted by molar-refractivity contribution is 0.425. The molecule has 0 aliphatic carbocycles. The smallest absolute Gasteiger partial charge is 0.159 e. The van der Waals surface area contributed by atoms with Crippen LogP contribution in [0, 0.1) is 5.82 Å². The van der Waals surface area contributed by atoms with E-state index < -0.39 is 0 Å². The largest absolute Gasteiger partial charge is 0.384 e. The van der Waals surface area contributed by atoms with Crippen molar-refractivity contribution in [2.45, 2.75) is 6.04 Å². The van der Waals surface area contributed by atoms with Crippen LogP contribution in [0.5, 0.6) is 0 Å². The second-order valence-electron chi connectivity index (χ2n) is 10.7. The van der Waals surface area contributed by atoms with Crippen molar-refractivity contribution >= 4 is 33.6 Å². The summed E-state index contributed by atoms with van der Waals surface area (Å²) in [7, 11) is 3.99. The third-order valence-electron chi connectivity index (χ3n) is 7.25. The Balaban J connectivity index is 1.24. The molecule has 1 aliphatic heterocycles. The summed E-state index contributed by atoms with van der Waals surface area (Å²) in [6.07, 6.45) is 6.89. The Morgan fingerprint density at radius 1 is 1.05 bits per heavy atom. The summed E-state index contributed by atoms with van der Waals surface area (Å²) in [5.74, 6) is 0.974. The molecule has 0 saturated carbocycles. The molecule has 212 valence electrons. The Bertz CT molecular complexity index is 1910. The molecule has 6 heterocycles. The van der Waals surface area contributed by atoms with Crippen molar-refractivity contribution in [3.8, 4) is 34.0 Å². The molecular weight excluding hydrogens is 535 g/mol. The van der Waals surface area contributed by atoms with E-state index in [1.54, 1.807) is 24.8 Å². The standard InChI is InChI=1S/C29H29FN12/c1-41(2)6-5-33-20-8-16(7-18(30)10-20)25-27-22(3-4-34-25)37-29(38-27)26-21-9-17(11-35-28(21)40-39-26)23-12-32-13-24(36-23)42-14-19(31)15-42/h3-4,7-13,19,33H,5-6,14-15,31H2,1-2H3,(H,37,38)(H,35,39,40). The maximum atomic E-state index is 14.6. The van der Waals surface area contributed by atoms with Crippen LogP contribution in [-0.4, -0.2) is 91.3 Å². The summed E-state index contributed by atoms with van der Waals surface area (Å²) >= 11 is 0. The molecule has 1 aromatic carbocycles. The highest BCUT2D eigenvalue weighted by Crippen LogP contribution is 2.32. The van der Waals surface area contributed by atoms with Gasteiger partial charge in [0.1, 0.15) is 22.8 Å². The number of likely N-dealkylation sites (N-methyl/N-ethyl adjacent to an activating group) is 1. The number of nitrogens with one attached hydrogen (secondary N) is 3. The van der Waals surface area contributed by atoms with E-state index in [0.717, 1.165) is 41.9 Å². The van der Waals surface area contributed by atoms with E-state index in [1.807, 2.05) is 32.3 Å². The molecule has 6 aromatic rings. The number of imidazole rings is 1. The molecule has 0 spiro atoms. The highest BCUT2D eigenvalue weighted by molar-refractivity contribution is 5.96. The van der Waals surface area contributed by atoms with Gasteiger partial charge in [0.2, 0.25) is 0 Å². The minimum absolute atomic E-state index is 0.161. The number of hydrogen-bond donors (Lipinski definition) is 4. The van der Waals surface area contributed by atoms with Gasteiger partial charge >= 0.3 is 0 Å². The average molecular weight is 565 g/mol. The number of fused-ring (bicyclic) bond motifs is 2. The fourth-order valence-corrected chi connectivity index (χ4v) is 5.08. The van der Waals surface area contributed by atoms with Crippen molar-refractivity contribution in [3.63, 3.8) is 0 Å². The van der Waals surface area contributed by atoms with Crippen molar-refractivity contribution in [1.82, 2.24) is 45.0 Å². The number of benzene rings is 1. The van der Waals surface area contributed by atoms with Crippen molar-refractivity contribution in [3.05, 3.63) is 60.9 Å². The van der Waals surface area contributed by atoms with Gasteiger partial charge in [-0.3, -0.25) is 15.1 Å². The minimum Gasteiger partial charge on any atom is -0.384 e. The van der Waals surface area contributed by atoms with Crippen LogP contribution >= 0.6 is 0 Å². The maximum Gasteiger partial charge on any atom is 0.159 e. The van der Waals surface area contributed by atoms with Gasteiger partial charge in [-0.15, -0.1) is 0 Å². The molecule has 0 atom stereocenters. The van der Waals surface area contributed by atoms with Crippen LogP contribution in [-0.2, 0) is 0 Å². The van der Waals surface area contributed by atoms with Crippen LogP contribution < -0.4 is 16.0 Å². The number of aromatic amines is 2. The number of anilines is 2. The van der Waals surface area contributed by atoms with Crippen molar-refractivity contribution in [2.24, 2.45) is 5.73 Å². The number of rotatable bonds is 8. The normalized spacial score (nSPS) is 13.8. The highest BCUT2D eigenvalue weighted by Gasteiger charge is 2.25. The van der Waals surface area contributed by atoms with Gasteiger partial charge < -0.3 is 25.8 Å². The Kier molecular flexibility index (Phi) is 6.44. The van der Waals surface area contributed by atoms with Crippen LogP contribution in [0.3, 0.4) is 0 Å². The van der Waals surface area contributed by atoms with Gasteiger partial charge in [0.25, 0.3) is 0 Å². The number of H-pyrrole nitrogens is 2. The monoisotopic (exact) mass is 564 g/mol. The van der Waals surface area contributed by atoms with E-state index in [0.29, 0.717) is 51.9 Å². The molecule has 0 radical (unpaired) electrons. The summed E-state index contributed by atoms with van der Waals surface area (Å²) in [6.45, 7) is 3.02. The first-order valence-electron chi connectivity index (χ1n) is 13.6. The number of nitrogens with two attached hydrogens (primary N) is 1. The zero-order valence-electron chi connectivity index (χ0n) is 23.1. The zero-order chi connectivity index (χ0) is 28.8. The lowest BCUT2D eigenvalue weighted by Gasteiger charge is -2.37. The summed E-state index contributed by atoms with van der Waals surface area (Å²) in [6, 6.07) is 8.81.